The summed E-state index contributed by atoms with van der Waals surface area (Å²) in [5.74, 6) is 0.652. The lowest BCUT2D eigenvalue weighted by Gasteiger charge is -2.34. The number of anilines is 1. The number of carbonyl (C=O) groups excluding carboxylic acids is 1. The molecular weight excluding hydrogens is 286 g/mol. The van der Waals surface area contributed by atoms with Gasteiger partial charge in [0.2, 0.25) is 0 Å². The average Bonchev–Trinajstić information content (AvgIpc) is 3.20. The van der Waals surface area contributed by atoms with Crippen molar-refractivity contribution in [3.63, 3.8) is 0 Å². The summed E-state index contributed by atoms with van der Waals surface area (Å²) in [4.78, 5) is 22.1. The van der Waals surface area contributed by atoms with Gasteiger partial charge in [0.25, 0.3) is 0 Å². The Labute approximate surface area is 129 Å². The van der Waals surface area contributed by atoms with Crippen molar-refractivity contribution >= 4 is 22.4 Å². The molecule has 1 saturated carbocycles. The number of hydrogen-bond donors (Lipinski definition) is 0. The average molecular weight is 309 g/mol. The molecule has 1 aliphatic carbocycles. The second-order valence-electron chi connectivity index (χ2n) is 5.85. The summed E-state index contributed by atoms with van der Waals surface area (Å²) in [7, 11) is 0. The van der Waals surface area contributed by atoms with Gasteiger partial charge in [-0.25, -0.2) is 9.78 Å². The van der Waals surface area contributed by atoms with Crippen LogP contribution in [0.5, 0.6) is 0 Å². The summed E-state index contributed by atoms with van der Waals surface area (Å²) >= 11 is 1.60. The lowest BCUT2D eigenvalue weighted by atomic mass is 10.3. The van der Waals surface area contributed by atoms with E-state index < -0.39 is 0 Å². The van der Waals surface area contributed by atoms with Crippen molar-refractivity contribution in [1.29, 1.82) is 0 Å². The van der Waals surface area contributed by atoms with Crippen LogP contribution in [0, 0.1) is 12.8 Å². The minimum atomic E-state index is -0.301. The molecule has 2 heterocycles. The predicted octanol–water partition coefficient (Wildman–Crippen LogP) is 2.16. The molecular formula is C15H23N3O2S. The van der Waals surface area contributed by atoms with Gasteiger partial charge in [-0.15, -0.1) is 11.3 Å². The Morgan fingerprint density at radius 1 is 1.33 bits per heavy atom. The quantitative estimate of drug-likeness (QED) is 0.780. The summed E-state index contributed by atoms with van der Waals surface area (Å²) in [6, 6.07) is 0. The smallest absolute Gasteiger partial charge is 0.358 e. The maximum absolute atomic E-state index is 11.8. The zero-order chi connectivity index (χ0) is 14.8. The molecule has 6 heteroatoms. The van der Waals surface area contributed by atoms with Crippen molar-refractivity contribution in [3.05, 3.63) is 10.6 Å². The van der Waals surface area contributed by atoms with Crippen LogP contribution < -0.4 is 4.90 Å². The third kappa shape index (κ3) is 3.55. The van der Waals surface area contributed by atoms with Crippen LogP contribution in [0.1, 0.15) is 35.1 Å². The van der Waals surface area contributed by atoms with Gasteiger partial charge in [-0.1, -0.05) is 0 Å². The van der Waals surface area contributed by atoms with Crippen LogP contribution in [0.15, 0.2) is 0 Å². The second kappa shape index (κ2) is 6.32. The largest absolute Gasteiger partial charge is 0.461 e. The molecule has 3 rings (SSSR count). The number of thiazole rings is 1. The normalized spacial score (nSPS) is 19.8. The van der Waals surface area contributed by atoms with E-state index in [4.69, 9.17) is 4.74 Å². The zero-order valence-corrected chi connectivity index (χ0v) is 13.6. The van der Waals surface area contributed by atoms with E-state index in [1.165, 1.54) is 19.4 Å². The molecule has 0 unspecified atom stereocenters. The molecule has 2 fully saturated rings. The Balaban J connectivity index is 1.59. The fourth-order valence-electron chi connectivity index (χ4n) is 2.69. The SMILES string of the molecule is CCOC(=O)c1nc(N2CCN(CC3CC3)CC2)sc1C. The molecule has 1 aromatic heterocycles. The highest BCUT2D eigenvalue weighted by molar-refractivity contribution is 7.15. The molecule has 0 aromatic carbocycles. The van der Waals surface area contributed by atoms with Crippen LogP contribution in [0.25, 0.3) is 0 Å². The van der Waals surface area contributed by atoms with Crippen LogP contribution in [0.4, 0.5) is 5.13 Å². The summed E-state index contributed by atoms with van der Waals surface area (Å²) in [6.45, 7) is 9.62. The van der Waals surface area contributed by atoms with E-state index in [2.05, 4.69) is 14.8 Å². The Morgan fingerprint density at radius 3 is 2.67 bits per heavy atom. The van der Waals surface area contributed by atoms with Crippen LogP contribution in [-0.2, 0) is 4.74 Å². The van der Waals surface area contributed by atoms with Crippen LogP contribution in [0.2, 0.25) is 0 Å². The van der Waals surface area contributed by atoms with Crippen LogP contribution in [0.3, 0.4) is 0 Å². The number of nitrogens with zero attached hydrogens (tertiary/aromatic N) is 3. The number of carbonyl (C=O) groups is 1. The topological polar surface area (TPSA) is 45.7 Å². The van der Waals surface area contributed by atoms with Crippen molar-refractivity contribution in [3.8, 4) is 0 Å². The Bertz CT molecular complexity index is 505. The standard InChI is InChI=1S/C15H23N3O2S/c1-3-20-14(19)13-11(2)21-15(16-13)18-8-6-17(7-9-18)10-12-4-5-12/h12H,3-10H2,1-2H3. The fourth-order valence-corrected chi connectivity index (χ4v) is 3.64. The van der Waals surface area contributed by atoms with Gasteiger partial charge in [0.15, 0.2) is 10.8 Å². The van der Waals surface area contributed by atoms with Crippen molar-refractivity contribution in [2.24, 2.45) is 5.92 Å². The molecule has 1 aliphatic heterocycles. The highest BCUT2D eigenvalue weighted by Gasteiger charge is 2.27. The van der Waals surface area contributed by atoms with E-state index in [0.29, 0.717) is 12.3 Å². The number of aromatic nitrogens is 1. The third-order valence-electron chi connectivity index (χ3n) is 4.11. The lowest BCUT2D eigenvalue weighted by molar-refractivity contribution is 0.0519. The first kappa shape index (κ1) is 14.8. The van der Waals surface area contributed by atoms with Crippen molar-refractivity contribution in [2.75, 3.05) is 44.2 Å². The third-order valence-corrected chi connectivity index (χ3v) is 5.14. The number of piperazine rings is 1. The number of hydrogen-bond acceptors (Lipinski definition) is 6. The van der Waals surface area contributed by atoms with E-state index in [1.807, 2.05) is 13.8 Å². The first-order valence-electron chi connectivity index (χ1n) is 7.79. The highest BCUT2D eigenvalue weighted by atomic mass is 32.1. The molecule has 5 nitrogen and oxygen atoms in total. The molecule has 0 spiro atoms. The van der Waals surface area contributed by atoms with Gasteiger partial charge in [-0.2, -0.15) is 0 Å². The Hall–Kier alpha value is -1.14. The predicted molar refractivity (Wildman–Crippen MR) is 84.2 cm³/mol. The summed E-state index contributed by atoms with van der Waals surface area (Å²) in [5, 5.41) is 0.960. The molecule has 21 heavy (non-hydrogen) atoms. The monoisotopic (exact) mass is 309 g/mol. The van der Waals surface area contributed by atoms with Crippen molar-refractivity contribution < 1.29 is 9.53 Å². The minimum absolute atomic E-state index is 0.301. The van der Waals surface area contributed by atoms with Crippen LogP contribution in [-0.4, -0.2) is 55.2 Å². The first-order chi connectivity index (χ1) is 10.2. The van der Waals surface area contributed by atoms with Gasteiger partial charge >= 0.3 is 5.97 Å². The molecule has 2 aliphatic rings. The fraction of sp³-hybridized carbons (Fsp3) is 0.733. The lowest BCUT2D eigenvalue weighted by Crippen LogP contribution is -2.47. The van der Waals surface area contributed by atoms with E-state index >= 15 is 0 Å². The minimum Gasteiger partial charge on any atom is -0.461 e. The number of esters is 1. The van der Waals surface area contributed by atoms with E-state index in [-0.39, 0.29) is 5.97 Å². The van der Waals surface area contributed by atoms with Crippen LogP contribution >= 0.6 is 11.3 Å². The first-order valence-corrected chi connectivity index (χ1v) is 8.61. The number of aryl methyl sites for hydroxylation is 1. The van der Waals surface area contributed by atoms with Gasteiger partial charge in [-0.05, 0) is 32.6 Å². The summed E-state index contributed by atoms with van der Waals surface area (Å²) in [5.41, 5.74) is 0.484. The van der Waals surface area contributed by atoms with Crippen molar-refractivity contribution in [1.82, 2.24) is 9.88 Å². The Morgan fingerprint density at radius 2 is 2.05 bits per heavy atom. The maximum atomic E-state index is 11.8. The van der Waals surface area contributed by atoms with Gasteiger partial charge in [0, 0.05) is 37.6 Å². The molecule has 0 N–H and O–H groups in total. The zero-order valence-electron chi connectivity index (χ0n) is 12.8. The summed E-state index contributed by atoms with van der Waals surface area (Å²) < 4.78 is 5.06. The van der Waals surface area contributed by atoms with Gasteiger partial charge in [0.05, 0.1) is 6.61 Å². The number of rotatable bonds is 5. The van der Waals surface area contributed by atoms with Gasteiger partial charge in [-0.3, -0.25) is 4.90 Å². The Kier molecular flexibility index (Phi) is 4.45. The molecule has 116 valence electrons. The summed E-state index contributed by atoms with van der Waals surface area (Å²) in [6.07, 6.45) is 2.82. The molecule has 0 atom stereocenters. The second-order valence-corrected chi connectivity index (χ2v) is 7.03. The highest BCUT2D eigenvalue weighted by Crippen LogP contribution is 2.31. The van der Waals surface area contributed by atoms with E-state index in [9.17, 15) is 4.79 Å². The van der Waals surface area contributed by atoms with E-state index in [1.54, 1.807) is 11.3 Å². The number of ether oxygens (including phenoxy) is 1. The van der Waals surface area contributed by atoms with Gasteiger partial charge < -0.3 is 9.64 Å². The van der Waals surface area contributed by atoms with E-state index in [0.717, 1.165) is 42.1 Å². The molecule has 0 radical (unpaired) electrons. The van der Waals surface area contributed by atoms with Gasteiger partial charge in [0.1, 0.15) is 0 Å². The maximum Gasteiger partial charge on any atom is 0.358 e. The molecule has 0 bridgehead atoms. The van der Waals surface area contributed by atoms with Crippen molar-refractivity contribution in [2.45, 2.75) is 26.7 Å². The molecule has 1 aromatic rings. The molecule has 1 saturated heterocycles. The molecule has 0 amide bonds.